The van der Waals surface area contributed by atoms with Crippen LogP contribution in [0.15, 0.2) is 30.7 Å². The third kappa shape index (κ3) is 5.22. The van der Waals surface area contributed by atoms with Gasteiger partial charge in [-0.2, -0.15) is 13.2 Å². The van der Waals surface area contributed by atoms with E-state index in [1.165, 1.54) is 15.9 Å². The molecular weight excluding hydrogens is 469 g/mol. The van der Waals surface area contributed by atoms with Gasteiger partial charge in [0.2, 0.25) is 0 Å². The summed E-state index contributed by atoms with van der Waals surface area (Å²) in [7, 11) is 0. The number of aromatic nitrogens is 4. The maximum atomic E-state index is 12.9. The van der Waals surface area contributed by atoms with Crippen molar-refractivity contribution in [3.63, 3.8) is 0 Å². The van der Waals surface area contributed by atoms with E-state index in [0.717, 1.165) is 35.0 Å². The van der Waals surface area contributed by atoms with Crippen LogP contribution >= 0.6 is 11.3 Å². The van der Waals surface area contributed by atoms with E-state index in [1.807, 2.05) is 6.92 Å². The number of hydrogen-bond donors (Lipinski definition) is 0. The fraction of sp³-hybridized carbons (Fsp3) is 0.364. The number of nitrogens with zero attached hydrogens (tertiary/aromatic N) is 6. The highest BCUT2D eigenvalue weighted by Crippen LogP contribution is 2.31. The Kier molecular flexibility index (Phi) is 6.60. The van der Waals surface area contributed by atoms with Crippen molar-refractivity contribution in [3.8, 4) is 0 Å². The summed E-state index contributed by atoms with van der Waals surface area (Å²) in [4.78, 5) is 45.4. The Labute approximate surface area is 197 Å². The summed E-state index contributed by atoms with van der Waals surface area (Å²) in [6, 6.07) is 1.90. The van der Waals surface area contributed by atoms with Gasteiger partial charge < -0.3 is 4.90 Å². The van der Waals surface area contributed by atoms with Gasteiger partial charge in [0, 0.05) is 44.6 Å². The molecule has 0 unspecified atom stereocenters. The van der Waals surface area contributed by atoms with Gasteiger partial charge in [0.25, 0.3) is 0 Å². The molecule has 4 rings (SSSR count). The second-order valence-electron chi connectivity index (χ2n) is 7.89. The molecule has 1 aliphatic heterocycles. The minimum atomic E-state index is -4.51. The van der Waals surface area contributed by atoms with Crippen LogP contribution in [0.2, 0.25) is 0 Å². The van der Waals surface area contributed by atoms with Gasteiger partial charge in [-0.25, -0.2) is 9.78 Å². The van der Waals surface area contributed by atoms with E-state index in [1.54, 1.807) is 19.3 Å². The first-order valence-electron chi connectivity index (χ1n) is 10.5. The molecule has 8 nitrogen and oxygen atoms in total. The Balaban J connectivity index is 1.39. The number of carbonyl (C=O) groups excluding carboxylic acids is 2. The molecule has 0 N–H and O–H groups in total. The minimum Gasteiger partial charge on any atom is -0.318 e. The fourth-order valence-corrected chi connectivity index (χ4v) is 4.53. The van der Waals surface area contributed by atoms with E-state index in [0.29, 0.717) is 40.8 Å². The third-order valence-electron chi connectivity index (χ3n) is 5.30. The summed E-state index contributed by atoms with van der Waals surface area (Å²) in [6.07, 6.45) is 0.627. The first-order valence-corrected chi connectivity index (χ1v) is 11.3. The Morgan fingerprint density at radius 3 is 2.53 bits per heavy atom. The Morgan fingerprint density at radius 1 is 1.09 bits per heavy atom. The number of rotatable bonds is 7. The summed E-state index contributed by atoms with van der Waals surface area (Å²) in [5, 5.41) is 0.425. The molecule has 12 heteroatoms. The van der Waals surface area contributed by atoms with Gasteiger partial charge in [-0.3, -0.25) is 24.6 Å². The highest BCUT2D eigenvalue weighted by molar-refractivity contribution is 7.17. The number of aryl methyl sites for hydroxylation is 3. The number of anilines is 1. The van der Waals surface area contributed by atoms with E-state index in [2.05, 4.69) is 19.9 Å². The predicted molar refractivity (Wildman–Crippen MR) is 119 cm³/mol. The molecule has 178 valence electrons. The highest BCUT2D eigenvalue weighted by atomic mass is 32.1. The topological polar surface area (TPSA) is 92.2 Å². The van der Waals surface area contributed by atoms with Crippen LogP contribution in [-0.4, -0.2) is 49.7 Å². The van der Waals surface area contributed by atoms with Gasteiger partial charge in [-0.15, -0.1) is 0 Å². The summed E-state index contributed by atoms with van der Waals surface area (Å²) in [5.74, 6) is -0.0806. The molecule has 1 fully saturated rings. The van der Waals surface area contributed by atoms with E-state index in [9.17, 15) is 22.8 Å². The maximum Gasteiger partial charge on any atom is 0.433 e. The molecule has 1 saturated heterocycles. The minimum absolute atomic E-state index is 0.0806. The van der Waals surface area contributed by atoms with Gasteiger partial charge in [-0.05, 0) is 31.9 Å². The number of halogens is 3. The van der Waals surface area contributed by atoms with Crippen molar-refractivity contribution in [2.75, 3.05) is 18.0 Å². The lowest BCUT2D eigenvalue weighted by Crippen LogP contribution is -2.31. The number of carbonyl (C=O) groups is 2. The lowest BCUT2D eigenvalue weighted by Gasteiger charge is -2.17. The van der Waals surface area contributed by atoms with Gasteiger partial charge >= 0.3 is 12.2 Å². The summed E-state index contributed by atoms with van der Waals surface area (Å²) < 4.78 is 38.1. The van der Waals surface area contributed by atoms with Crippen LogP contribution in [0.1, 0.15) is 44.4 Å². The molecule has 0 aromatic carbocycles. The van der Waals surface area contributed by atoms with Gasteiger partial charge in [-0.1, -0.05) is 17.4 Å². The third-order valence-corrected chi connectivity index (χ3v) is 6.52. The number of alkyl halides is 3. The van der Waals surface area contributed by atoms with Crippen LogP contribution < -0.4 is 4.90 Å². The van der Waals surface area contributed by atoms with Crippen molar-refractivity contribution in [2.24, 2.45) is 0 Å². The second-order valence-corrected chi connectivity index (χ2v) is 8.87. The molecule has 3 aromatic heterocycles. The molecule has 0 saturated carbocycles. The van der Waals surface area contributed by atoms with Crippen LogP contribution in [0.3, 0.4) is 0 Å². The van der Waals surface area contributed by atoms with Crippen molar-refractivity contribution >= 4 is 28.3 Å². The van der Waals surface area contributed by atoms with Crippen molar-refractivity contribution in [2.45, 2.75) is 39.4 Å². The SMILES string of the molecule is Cc1cnc(CCC(=O)c2sc(N3CCN(Cc4ccc(C(F)(F)F)nc4)C3=O)nc2C)cn1. The molecule has 0 spiro atoms. The van der Waals surface area contributed by atoms with Crippen molar-refractivity contribution < 1.29 is 22.8 Å². The van der Waals surface area contributed by atoms with E-state index >= 15 is 0 Å². The number of hydrogen-bond acceptors (Lipinski definition) is 7. The number of urea groups is 1. The summed E-state index contributed by atoms with van der Waals surface area (Å²) in [5.41, 5.74) is 1.60. The smallest absolute Gasteiger partial charge is 0.318 e. The van der Waals surface area contributed by atoms with Crippen LogP contribution in [0.4, 0.5) is 23.1 Å². The Morgan fingerprint density at radius 2 is 1.88 bits per heavy atom. The quantitative estimate of drug-likeness (QED) is 0.461. The number of amides is 2. The molecule has 4 heterocycles. The fourth-order valence-electron chi connectivity index (χ4n) is 3.47. The molecule has 1 aliphatic rings. The zero-order chi connectivity index (χ0) is 24.5. The largest absolute Gasteiger partial charge is 0.433 e. The molecule has 0 bridgehead atoms. The Hall–Kier alpha value is -3.41. The zero-order valence-electron chi connectivity index (χ0n) is 18.5. The predicted octanol–water partition coefficient (Wildman–Crippen LogP) is 4.22. The first-order chi connectivity index (χ1) is 16.1. The van der Waals surface area contributed by atoms with Crippen molar-refractivity contribution in [1.29, 1.82) is 0 Å². The van der Waals surface area contributed by atoms with Gasteiger partial charge in [0.1, 0.15) is 5.69 Å². The van der Waals surface area contributed by atoms with Crippen LogP contribution in [0, 0.1) is 13.8 Å². The molecule has 3 aromatic rings. The van der Waals surface area contributed by atoms with Crippen molar-refractivity contribution in [3.05, 3.63) is 63.9 Å². The highest BCUT2D eigenvalue weighted by Gasteiger charge is 2.34. The van der Waals surface area contributed by atoms with E-state index in [4.69, 9.17) is 0 Å². The summed E-state index contributed by atoms with van der Waals surface area (Å²) in [6.45, 7) is 4.45. The monoisotopic (exact) mass is 490 g/mol. The lowest BCUT2D eigenvalue weighted by molar-refractivity contribution is -0.141. The number of ketones is 1. The average Bonchev–Trinajstić information content (AvgIpc) is 3.35. The standard InChI is InChI=1S/C22H21F3N6O2S/c1-13-9-27-16(11-26-13)4-5-17(32)19-14(2)29-20(34-19)31-8-7-30(21(31)33)12-15-3-6-18(28-10-15)22(23,24)25/h3,6,9-11H,4-5,7-8,12H2,1-2H3. The second kappa shape index (κ2) is 9.45. The first kappa shape index (κ1) is 23.7. The molecule has 0 radical (unpaired) electrons. The molecule has 34 heavy (non-hydrogen) atoms. The molecule has 2 amide bonds. The molecule has 0 atom stereocenters. The van der Waals surface area contributed by atoms with E-state index < -0.39 is 11.9 Å². The number of thiazole rings is 1. The lowest BCUT2D eigenvalue weighted by atomic mass is 10.1. The van der Waals surface area contributed by atoms with Crippen molar-refractivity contribution in [1.82, 2.24) is 24.8 Å². The van der Waals surface area contributed by atoms with Gasteiger partial charge in [0.05, 0.1) is 22.0 Å². The Bertz CT molecular complexity index is 1190. The van der Waals surface area contributed by atoms with Gasteiger partial charge in [0.15, 0.2) is 10.9 Å². The number of pyridine rings is 1. The van der Waals surface area contributed by atoms with E-state index in [-0.39, 0.29) is 24.8 Å². The average molecular weight is 491 g/mol. The molecule has 0 aliphatic carbocycles. The zero-order valence-corrected chi connectivity index (χ0v) is 19.3. The maximum absolute atomic E-state index is 12.9. The van der Waals surface area contributed by atoms with Crippen LogP contribution in [0.5, 0.6) is 0 Å². The molecular formula is C22H21F3N6O2S. The van der Waals surface area contributed by atoms with Crippen LogP contribution in [-0.2, 0) is 19.1 Å². The summed E-state index contributed by atoms with van der Waals surface area (Å²) >= 11 is 1.16. The normalized spacial score (nSPS) is 14.2. The van der Waals surface area contributed by atoms with Crippen LogP contribution in [0.25, 0.3) is 0 Å². The number of Topliss-reactive ketones (excluding diaryl/α,β-unsaturated/α-hetero) is 1.